The molecule has 0 saturated carbocycles. The standard InChI is InChI=1S/2C9H15Si.C2H6Si.2ClH.Zr/c2*1-8-5-6-9(7-8)10(2,3)4;1-3-2;;;/h7H,6H2,1-4H3;5,7,9H,1-4H3;1-2H3;2*1H;/q2*-1;;;;+2/p-2. The van der Waals surface area contributed by atoms with Crippen LogP contribution in [0.2, 0.25) is 57.9 Å². The van der Waals surface area contributed by atoms with Gasteiger partial charge in [0.15, 0.2) is 0 Å². The molecule has 148 valence electrons. The van der Waals surface area contributed by atoms with Gasteiger partial charge in [0, 0.05) is 8.07 Å². The van der Waals surface area contributed by atoms with E-state index in [2.05, 4.69) is 96.6 Å². The fraction of sp³-hybridized carbons (Fsp3) is 0.600. The molecule has 0 radical (unpaired) electrons. The second-order valence-corrected chi connectivity index (χ2v) is 28.9. The molecule has 0 bridgehead atoms. The zero-order valence-corrected chi connectivity index (χ0v) is 25.2. The summed E-state index contributed by atoms with van der Waals surface area (Å²) < 4.78 is 0. The van der Waals surface area contributed by atoms with Crippen LogP contribution in [0.25, 0.3) is 0 Å². The van der Waals surface area contributed by atoms with Gasteiger partial charge in [0.2, 0.25) is 0 Å². The summed E-state index contributed by atoms with van der Waals surface area (Å²) in [5.41, 5.74) is 3.58. The van der Waals surface area contributed by atoms with E-state index in [1.165, 1.54) is 11.1 Å². The Kier molecular flexibility index (Phi) is 17.2. The first-order valence-electron chi connectivity index (χ1n) is 8.81. The Morgan fingerprint density at radius 2 is 1.50 bits per heavy atom. The van der Waals surface area contributed by atoms with E-state index in [1.54, 1.807) is 28.5 Å². The van der Waals surface area contributed by atoms with Gasteiger partial charge in [-0.15, -0.1) is 18.9 Å². The molecule has 0 spiro atoms. The molecule has 0 aliphatic heterocycles. The van der Waals surface area contributed by atoms with E-state index in [0.717, 1.165) is 6.42 Å². The van der Waals surface area contributed by atoms with Gasteiger partial charge < -0.3 is 24.8 Å². The molecule has 6 heteroatoms. The molecule has 0 aromatic heterocycles. The van der Waals surface area contributed by atoms with E-state index >= 15 is 0 Å². The van der Waals surface area contributed by atoms with Gasteiger partial charge in [-0.3, -0.25) is 12.2 Å². The summed E-state index contributed by atoms with van der Waals surface area (Å²) >= 11 is 1.74. The van der Waals surface area contributed by atoms with Crippen LogP contribution < -0.4 is 24.8 Å². The Hall–Kier alpha value is 1.07. The Balaban J connectivity index is -0.000000319. The molecular weight excluding hydrogens is 487 g/mol. The van der Waals surface area contributed by atoms with Crippen LogP contribution in [0.4, 0.5) is 0 Å². The molecule has 2 aliphatic rings. The van der Waals surface area contributed by atoms with Crippen LogP contribution in [0.15, 0.2) is 34.6 Å². The molecule has 2 aliphatic carbocycles. The van der Waals surface area contributed by atoms with Gasteiger partial charge in [0.25, 0.3) is 0 Å². The summed E-state index contributed by atoms with van der Waals surface area (Å²) in [6.07, 6.45) is 14.6. The third-order valence-corrected chi connectivity index (χ3v) is 8.21. The van der Waals surface area contributed by atoms with Gasteiger partial charge >= 0.3 is 41.9 Å². The summed E-state index contributed by atoms with van der Waals surface area (Å²) in [5.74, 6) is 0. The Bertz CT molecular complexity index is 559. The van der Waals surface area contributed by atoms with Gasteiger partial charge in [0.1, 0.15) is 0 Å². The fourth-order valence-electron chi connectivity index (χ4n) is 2.16. The van der Waals surface area contributed by atoms with Crippen molar-refractivity contribution < 1.29 is 48.1 Å². The van der Waals surface area contributed by atoms with Crippen molar-refractivity contribution in [2.75, 3.05) is 0 Å². The molecule has 0 aromatic carbocycles. The van der Waals surface area contributed by atoms with Crippen molar-refractivity contribution in [2.45, 2.75) is 78.2 Å². The van der Waals surface area contributed by atoms with Gasteiger partial charge in [-0.25, -0.2) is 23.3 Å². The van der Waals surface area contributed by atoms with Gasteiger partial charge in [-0.05, 0) is 0 Å². The van der Waals surface area contributed by atoms with Crippen molar-refractivity contribution in [1.29, 1.82) is 0 Å². The zero-order valence-electron chi connectivity index (χ0n) is 18.3. The summed E-state index contributed by atoms with van der Waals surface area (Å²) in [4.78, 5) is 0. The van der Waals surface area contributed by atoms with E-state index in [9.17, 15) is 0 Å². The Labute approximate surface area is 193 Å². The molecule has 2 rings (SSSR count). The van der Waals surface area contributed by atoms with E-state index in [4.69, 9.17) is 0 Å². The first kappa shape index (κ1) is 31.8. The number of hydrogen-bond acceptors (Lipinski definition) is 0. The summed E-state index contributed by atoms with van der Waals surface area (Å²) in [5, 5.41) is 1.64. The van der Waals surface area contributed by atoms with E-state index in [1.807, 2.05) is 0 Å². The van der Waals surface area contributed by atoms with Crippen molar-refractivity contribution in [3.63, 3.8) is 0 Å². The number of hydrogen-bond donors (Lipinski definition) is 0. The van der Waals surface area contributed by atoms with Crippen LogP contribution in [-0.4, -0.2) is 21.6 Å². The molecule has 0 amide bonds. The summed E-state index contributed by atoms with van der Waals surface area (Å²) in [7, 11) is -1.97. The molecular formula is C20H36Cl2Si3Zr-2. The minimum absolute atomic E-state index is 0. The van der Waals surface area contributed by atoms with Crippen LogP contribution in [0.1, 0.15) is 20.3 Å². The first-order valence-corrected chi connectivity index (χ1v) is 22.1. The smallest absolute Gasteiger partial charge is 1.00 e. The normalized spacial score (nSPS) is 18.0. The van der Waals surface area contributed by atoms with Crippen LogP contribution in [0.3, 0.4) is 0 Å². The van der Waals surface area contributed by atoms with Crippen LogP contribution in [0.5, 0.6) is 0 Å². The molecule has 1 unspecified atom stereocenters. The molecule has 0 aromatic rings. The topological polar surface area (TPSA) is 0 Å². The predicted octanol–water partition coefficient (Wildman–Crippen LogP) is 0.750. The van der Waals surface area contributed by atoms with E-state index in [0.29, 0.717) is 5.54 Å². The third kappa shape index (κ3) is 15.0. The molecule has 1 atom stereocenters. The molecule has 0 saturated heterocycles. The van der Waals surface area contributed by atoms with Crippen LogP contribution in [0, 0.1) is 12.2 Å². The largest absolute Gasteiger partial charge is 1.00 e. The SMILES string of the molecule is CC1=CC([Si](C)(C)C)[C-]=C1.CC1=[C-]CC([Si](C)(C)C)=C1.C[Si](C)=[Zr+2].[Cl-].[Cl-]. The maximum atomic E-state index is 3.39. The minimum Gasteiger partial charge on any atom is -1.00 e. The molecule has 0 N–H and O–H groups in total. The van der Waals surface area contributed by atoms with E-state index < -0.39 is 16.1 Å². The molecule has 0 nitrogen and oxygen atoms in total. The van der Waals surface area contributed by atoms with Gasteiger partial charge in [0.05, 0.1) is 8.07 Å². The molecule has 26 heavy (non-hydrogen) atoms. The third-order valence-electron chi connectivity index (χ3n) is 3.76. The van der Waals surface area contributed by atoms with Crippen LogP contribution in [-0.2, 0) is 23.3 Å². The monoisotopic (exact) mass is 520 g/mol. The van der Waals surface area contributed by atoms with Gasteiger partial charge in [-0.1, -0.05) is 46.2 Å². The summed E-state index contributed by atoms with van der Waals surface area (Å²) in [6.45, 7) is 23.2. The van der Waals surface area contributed by atoms with Crippen LogP contribution >= 0.6 is 0 Å². The summed E-state index contributed by atoms with van der Waals surface area (Å²) in [6, 6.07) is 0. The second kappa shape index (κ2) is 14.1. The van der Waals surface area contributed by atoms with E-state index in [-0.39, 0.29) is 30.2 Å². The molecule has 0 heterocycles. The number of allylic oxidation sites excluding steroid dienone is 8. The van der Waals surface area contributed by atoms with Gasteiger partial charge in [-0.2, -0.15) is 11.3 Å². The predicted molar refractivity (Wildman–Crippen MR) is 115 cm³/mol. The van der Waals surface area contributed by atoms with Crippen molar-refractivity contribution >= 4 is 21.6 Å². The Morgan fingerprint density at radius 1 is 1.04 bits per heavy atom. The molecule has 0 fully saturated rings. The number of rotatable bonds is 2. The van der Waals surface area contributed by atoms with Crippen molar-refractivity contribution in [2.24, 2.45) is 0 Å². The minimum atomic E-state index is -0.988. The average molecular weight is 523 g/mol. The second-order valence-electron chi connectivity index (χ2n) is 9.02. The van der Waals surface area contributed by atoms with Crippen molar-refractivity contribution in [3.05, 3.63) is 46.7 Å². The van der Waals surface area contributed by atoms with Crippen molar-refractivity contribution in [1.82, 2.24) is 0 Å². The quantitative estimate of drug-likeness (QED) is 0.371. The first-order chi connectivity index (χ1) is 10.7. The average Bonchev–Trinajstić information content (AvgIpc) is 2.96. The van der Waals surface area contributed by atoms with Crippen molar-refractivity contribution in [3.8, 4) is 0 Å². The fourth-order valence-corrected chi connectivity index (χ4v) is 4.77. The Morgan fingerprint density at radius 3 is 1.65 bits per heavy atom. The zero-order chi connectivity index (χ0) is 19.1. The number of halogens is 2. The maximum absolute atomic E-state index is 3.39. The maximum Gasteiger partial charge on any atom is -1.00 e.